The molecule has 2 aromatic rings. The largest absolute Gasteiger partial charge is 0.507 e. The molecule has 1 saturated heterocycles. The van der Waals surface area contributed by atoms with E-state index in [0.717, 1.165) is 31.0 Å². The lowest BCUT2D eigenvalue weighted by Gasteiger charge is -2.24. The molecule has 1 aliphatic heterocycles. The first kappa shape index (κ1) is 21.8. The Labute approximate surface area is 176 Å². The van der Waals surface area contributed by atoms with Crippen LogP contribution in [0.2, 0.25) is 5.02 Å². The van der Waals surface area contributed by atoms with Crippen LogP contribution in [0.1, 0.15) is 23.2 Å². The third-order valence-electron chi connectivity index (χ3n) is 4.77. The minimum Gasteiger partial charge on any atom is -0.507 e. The van der Waals surface area contributed by atoms with Gasteiger partial charge in [0.1, 0.15) is 17.4 Å². The molecule has 3 N–H and O–H groups in total. The first-order valence-corrected chi connectivity index (χ1v) is 9.54. The maximum atomic E-state index is 14.5. The number of hydrogen-bond donors (Lipinski definition) is 3. The van der Waals surface area contributed by atoms with Gasteiger partial charge in [0.2, 0.25) is 0 Å². The van der Waals surface area contributed by atoms with Crippen LogP contribution in [0.5, 0.6) is 5.75 Å². The molecule has 0 radical (unpaired) electrons. The summed E-state index contributed by atoms with van der Waals surface area (Å²) in [4.78, 5) is 26.4. The summed E-state index contributed by atoms with van der Waals surface area (Å²) < 4.78 is 33.5. The van der Waals surface area contributed by atoms with Crippen molar-refractivity contribution in [1.82, 2.24) is 4.90 Å². The fraction of sp³-hybridized carbons (Fsp3) is 0.300. The van der Waals surface area contributed by atoms with Gasteiger partial charge in [-0.15, -0.1) is 0 Å². The third kappa shape index (κ3) is 4.63. The van der Waals surface area contributed by atoms with Crippen molar-refractivity contribution < 1.29 is 28.2 Å². The van der Waals surface area contributed by atoms with Gasteiger partial charge < -0.3 is 25.4 Å². The number of nitrogens with one attached hydrogen (secondary N) is 2. The molecule has 3 amide bonds. The Hall–Kier alpha value is -2.91. The van der Waals surface area contributed by atoms with Gasteiger partial charge in [0.15, 0.2) is 0 Å². The Bertz CT molecular complexity index is 953. The summed E-state index contributed by atoms with van der Waals surface area (Å²) in [7, 11) is 1.53. The van der Waals surface area contributed by atoms with Crippen molar-refractivity contribution >= 4 is 34.9 Å². The van der Waals surface area contributed by atoms with E-state index < -0.39 is 34.9 Å². The van der Waals surface area contributed by atoms with Crippen molar-refractivity contribution in [1.29, 1.82) is 0 Å². The van der Waals surface area contributed by atoms with Crippen molar-refractivity contribution in [3.63, 3.8) is 0 Å². The summed E-state index contributed by atoms with van der Waals surface area (Å²) in [5.74, 6) is -3.27. The molecule has 30 heavy (non-hydrogen) atoms. The number of anilines is 2. The molecule has 3 rings (SSSR count). The first-order valence-electron chi connectivity index (χ1n) is 9.16. The Kier molecular flexibility index (Phi) is 6.73. The van der Waals surface area contributed by atoms with Gasteiger partial charge in [-0.1, -0.05) is 17.7 Å². The number of benzene rings is 2. The molecule has 0 aromatic heterocycles. The number of rotatable bonds is 5. The van der Waals surface area contributed by atoms with E-state index in [1.807, 2.05) is 0 Å². The molecule has 10 heteroatoms. The van der Waals surface area contributed by atoms with Gasteiger partial charge in [-0.25, -0.2) is 13.6 Å². The zero-order valence-corrected chi connectivity index (χ0v) is 16.8. The molecule has 7 nitrogen and oxygen atoms in total. The summed E-state index contributed by atoms with van der Waals surface area (Å²) in [5, 5.41) is 14.7. The maximum absolute atomic E-state index is 14.5. The molecule has 1 fully saturated rings. The highest BCUT2D eigenvalue weighted by atomic mass is 35.5. The number of para-hydroxylation sites is 1. The van der Waals surface area contributed by atoms with Crippen LogP contribution in [-0.4, -0.2) is 48.2 Å². The van der Waals surface area contributed by atoms with E-state index in [1.54, 1.807) is 0 Å². The predicted octanol–water partition coefficient (Wildman–Crippen LogP) is 4.22. The van der Waals surface area contributed by atoms with Crippen LogP contribution in [-0.2, 0) is 4.74 Å². The Morgan fingerprint density at radius 1 is 1.27 bits per heavy atom. The Balaban J connectivity index is 1.77. The second-order valence-corrected chi connectivity index (χ2v) is 7.18. The van der Waals surface area contributed by atoms with Crippen LogP contribution in [0.3, 0.4) is 0 Å². The average molecular weight is 440 g/mol. The van der Waals surface area contributed by atoms with Gasteiger partial charge in [-0.2, -0.15) is 0 Å². The highest BCUT2D eigenvalue weighted by molar-refractivity contribution is 6.34. The third-order valence-corrected chi connectivity index (χ3v) is 5.08. The van der Waals surface area contributed by atoms with Crippen molar-refractivity contribution in [3.05, 3.63) is 52.6 Å². The number of phenols is 1. The van der Waals surface area contributed by atoms with Gasteiger partial charge in [-0.05, 0) is 31.0 Å². The second kappa shape index (κ2) is 9.27. The van der Waals surface area contributed by atoms with Gasteiger partial charge in [0.25, 0.3) is 5.91 Å². The highest BCUT2D eigenvalue weighted by Gasteiger charge is 2.29. The number of carbonyl (C=O) groups is 2. The van der Waals surface area contributed by atoms with E-state index in [0.29, 0.717) is 13.2 Å². The first-order chi connectivity index (χ1) is 14.3. The van der Waals surface area contributed by atoms with E-state index in [-0.39, 0.29) is 22.4 Å². The Morgan fingerprint density at radius 3 is 2.73 bits per heavy atom. The number of ether oxygens (including phenoxy) is 1. The van der Waals surface area contributed by atoms with Crippen molar-refractivity contribution in [2.45, 2.75) is 18.9 Å². The number of likely N-dealkylation sites (tertiary alicyclic amines) is 1. The lowest BCUT2D eigenvalue weighted by Crippen LogP contribution is -2.41. The zero-order valence-electron chi connectivity index (χ0n) is 16.0. The average Bonchev–Trinajstić information content (AvgIpc) is 3.16. The number of urea groups is 1. The van der Waals surface area contributed by atoms with Gasteiger partial charge in [0, 0.05) is 19.7 Å². The van der Waals surface area contributed by atoms with Crippen molar-refractivity contribution in [2.75, 3.05) is 30.9 Å². The van der Waals surface area contributed by atoms with Crippen LogP contribution in [0.25, 0.3) is 0 Å². The van der Waals surface area contributed by atoms with Crippen LogP contribution >= 0.6 is 11.6 Å². The van der Waals surface area contributed by atoms with Gasteiger partial charge in [-0.3, -0.25) is 4.79 Å². The van der Waals surface area contributed by atoms with Crippen LogP contribution in [0.15, 0.2) is 30.3 Å². The lowest BCUT2D eigenvalue weighted by atomic mass is 10.1. The second-order valence-electron chi connectivity index (χ2n) is 6.77. The van der Waals surface area contributed by atoms with Crippen LogP contribution < -0.4 is 10.6 Å². The monoisotopic (exact) mass is 439 g/mol. The molecule has 0 spiro atoms. The number of amides is 3. The topological polar surface area (TPSA) is 90.9 Å². The van der Waals surface area contributed by atoms with Crippen LogP contribution in [0.4, 0.5) is 25.0 Å². The van der Waals surface area contributed by atoms with E-state index in [2.05, 4.69) is 10.6 Å². The fourth-order valence-electron chi connectivity index (χ4n) is 3.29. The van der Waals surface area contributed by atoms with Crippen LogP contribution in [0, 0.1) is 11.6 Å². The number of carbonyl (C=O) groups excluding carboxylic acids is 2. The number of halogens is 3. The summed E-state index contributed by atoms with van der Waals surface area (Å²) >= 11 is 5.86. The molecule has 0 bridgehead atoms. The molecule has 1 heterocycles. The van der Waals surface area contributed by atoms with E-state index >= 15 is 0 Å². The number of phenolic OH excluding ortho intramolecular Hbond substituents is 1. The van der Waals surface area contributed by atoms with Gasteiger partial charge >= 0.3 is 6.03 Å². The molecule has 1 aliphatic rings. The summed E-state index contributed by atoms with van der Waals surface area (Å²) in [6, 6.07) is 4.84. The quantitative estimate of drug-likeness (QED) is 0.650. The Morgan fingerprint density at radius 2 is 2.03 bits per heavy atom. The summed E-state index contributed by atoms with van der Waals surface area (Å²) in [6.07, 6.45) is 1.57. The maximum Gasteiger partial charge on any atom is 0.322 e. The number of methoxy groups -OCH3 is 1. The van der Waals surface area contributed by atoms with E-state index in [4.69, 9.17) is 16.3 Å². The number of hydrogen-bond acceptors (Lipinski definition) is 4. The minimum atomic E-state index is -0.962. The van der Waals surface area contributed by atoms with Gasteiger partial charge in [0.05, 0.1) is 34.6 Å². The highest BCUT2D eigenvalue weighted by Crippen LogP contribution is 2.30. The van der Waals surface area contributed by atoms with E-state index in [1.165, 1.54) is 24.1 Å². The fourth-order valence-corrected chi connectivity index (χ4v) is 3.50. The summed E-state index contributed by atoms with van der Waals surface area (Å²) in [6.45, 7) is 0.857. The number of aromatic hydroxyl groups is 1. The standard InChI is InChI=1S/C20H20ClF2N3O4/c1-30-10-11-4-3-7-26(11)20(29)24-16-9-17(27)12(8-15(16)23)19(28)25-18-13(21)5-2-6-14(18)22/h2,5-6,8-9,11,27H,3-4,7,10H2,1H3,(H,24,29)(H,25,28). The molecule has 0 aliphatic carbocycles. The molecule has 1 unspecified atom stereocenters. The molecule has 2 aromatic carbocycles. The van der Waals surface area contributed by atoms with E-state index in [9.17, 15) is 23.5 Å². The normalized spacial score (nSPS) is 15.9. The predicted molar refractivity (Wildman–Crippen MR) is 108 cm³/mol. The molecular weight excluding hydrogens is 420 g/mol. The molecular formula is C20H20ClF2N3O4. The molecule has 1 atom stereocenters. The van der Waals surface area contributed by atoms with Crippen molar-refractivity contribution in [3.8, 4) is 5.75 Å². The zero-order chi connectivity index (χ0) is 21.8. The smallest absolute Gasteiger partial charge is 0.322 e. The minimum absolute atomic E-state index is 0.0524. The molecule has 160 valence electrons. The SMILES string of the molecule is COCC1CCCN1C(=O)Nc1cc(O)c(C(=O)Nc2c(F)cccc2Cl)cc1F. The molecule has 0 saturated carbocycles. The number of nitrogens with zero attached hydrogens (tertiary/aromatic N) is 1. The van der Waals surface area contributed by atoms with Crippen molar-refractivity contribution in [2.24, 2.45) is 0 Å². The lowest BCUT2D eigenvalue weighted by molar-refractivity contribution is 0.102. The summed E-state index contributed by atoms with van der Waals surface area (Å²) in [5.41, 5.74) is -1.02.